The van der Waals surface area contributed by atoms with E-state index >= 15 is 0 Å². The van der Waals surface area contributed by atoms with Crippen LogP contribution in [0.4, 0.5) is 0 Å². The van der Waals surface area contributed by atoms with Crippen molar-refractivity contribution in [3.8, 4) is 28.9 Å². The molecule has 1 aliphatic rings. The Bertz CT molecular complexity index is 947. The summed E-state index contributed by atoms with van der Waals surface area (Å²) >= 11 is 0. The van der Waals surface area contributed by atoms with E-state index in [1.54, 1.807) is 24.3 Å². The molecule has 0 bridgehead atoms. The highest BCUT2D eigenvalue weighted by Gasteiger charge is 2.23. The van der Waals surface area contributed by atoms with Gasteiger partial charge in [0.05, 0.1) is 0 Å². The molecular formula is C18H13NO3. The molecule has 0 atom stereocenters. The Labute approximate surface area is 126 Å². The summed E-state index contributed by atoms with van der Waals surface area (Å²) in [6.45, 7) is 0. The lowest BCUT2D eigenvalue weighted by Gasteiger charge is -2.05. The lowest BCUT2D eigenvalue weighted by Crippen LogP contribution is -1.87. The van der Waals surface area contributed by atoms with Gasteiger partial charge in [-0.05, 0) is 55.2 Å². The number of aryl methyl sites for hydroxylation is 2. The molecule has 4 heteroatoms. The van der Waals surface area contributed by atoms with Gasteiger partial charge in [0.2, 0.25) is 0 Å². The number of fused-ring (bicyclic) bond motifs is 5. The van der Waals surface area contributed by atoms with E-state index in [2.05, 4.69) is 0 Å². The van der Waals surface area contributed by atoms with Gasteiger partial charge in [0, 0.05) is 16.5 Å². The maximum Gasteiger partial charge on any atom is 0.156 e. The molecule has 0 radical (unpaired) electrons. The summed E-state index contributed by atoms with van der Waals surface area (Å²) in [6.07, 6.45) is 2.66. The molecule has 0 saturated carbocycles. The topological polar surface area (TPSA) is 77.4 Å². The van der Waals surface area contributed by atoms with Crippen molar-refractivity contribution < 1.29 is 14.6 Å². The average Bonchev–Trinajstić information content (AvgIpc) is 2.76. The summed E-state index contributed by atoms with van der Waals surface area (Å²) in [7, 11) is 0. The van der Waals surface area contributed by atoms with Crippen LogP contribution >= 0.6 is 0 Å². The molecule has 1 aliphatic carbocycles. The lowest BCUT2D eigenvalue weighted by atomic mass is 10.0. The Hall–Kier alpha value is -2.93. The molecule has 0 saturated heterocycles. The van der Waals surface area contributed by atoms with E-state index in [9.17, 15) is 15.5 Å². The molecule has 0 spiro atoms. The van der Waals surface area contributed by atoms with E-state index in [1.165, 1.54) is 0 Å². The van der Waals surface area contributed by atoms with Gasteiger partial charge in [-0.3, -0.25) is 0 Å². The summed E-state index contributed by atoms with van der Waals surface area (Å²) < 4.78 is 5.98. The molecule has 4 nitrogen and oxygen atoms in total. The molecule has 0 aliphatic heterocycles. The molecular weight excluding hydrogens is 278 g/mol. The van der Waals surface area contributed by atoms with Gasteiger partial charge < -0.3 is 14.6 Å². The van der Waals surface area contributed by atoms with E-state index in [0.29, 0.717) is 5.58 Å². The molecule has 2 N–H and O–H groups in total. The van der Waals surface area contributed by atoms with Crippen LogP contribution in [0.5, 0.6) is 11.5 Å². The standard InChI is InChI=1S/C18H13NO3/c19-9-15-16(21)7-6-14-13-3-1-2-10-8-11(20)4-5-12(10)17(13)22-18(14)15/h4-8,20-21H,1-3H2. The van der Waals surface area contributed by atoms with Gasteiger partial charge in [-0.25, -0.2) is 0 Å². The Morgan fingerprint density at radius 3 is 2.77 bits per heavy atom. The predicted octanol–water partition coefficient (Wildman–Crippen LogP) is 3.87. The molecule has 0 amide bonds. The van der Waals surface area contributed by atoms with Crippen molar-refractivity contribution in [1.82, 2.24) is 0 Å². The number of phenolic OH excluding ortho intramolecular Hbond substituents is 2. The third-order valence-electron chi connectivity index (χ3n) is 4.26. The Morgan fingerprint density at radius 2 is 1.95 bits per heavy atom. The van der Waals surface area contributed by atoms with Crippen molar-refractivity contribution >= 4 is 11.0 Å². The molecule has 1 heterocycles. The molecule has 0 fully saturated rings. The first kappa shape index (κ1) is 12.8. The quantitative estimate of drug-likeness (QED) is 0.659. The van der Waals surface area contributed by atoms with Crippen LogP contribution in [0.3, 0.4) is 0 Å². The zero-order valence-electron chi connectivity index (χ0n) is 11.8. The summed E-state index contributed by atoms with van der Waals surface area (Å²) in [4.78, 5) is 0. The molecule has 4 rings (SSSR count). The summed E-state index contributed by atoms with van der Waals surface area (Å²) in [5.74, 6) is 0.920. The average molecular weight is 291 g/mol. The predicted molar refractivity (Wildman–Crippen MR) is 81.7 cm³/mol. The van der Waals surface area contributed by atoms with Gasteiger partial charge in [-0.15, -0.1) is 0 Å². The zero-order chi connectivity index (χ0) is 15.3. The second-order valence-electron chi connectivity index (χ2n) is 5.55. The first-order valence-corrected chi connectivity index (χ1v) is 7.18. The highest BCUT2D eigenvalue weighted by atomic mass is 16.3. The van der Waals surface area contributed by atoms with Crippen LogP contribution in [0.25, 0.3) is 22.3 Å². The van der Waals surface area contributed by atoms with Crippen molar-refractivity contribution in [2.24, 2.45) is 0 Å². The third kappa shape index (κ3) is 1.69. The molecule has 2 aromatic carbocycles. The molecule has 22 heavy (non-hydrogen) atoms. The van der Waals surface area contributed by atoms with Crippen molar-refractivity contribution in [3.05, 3.63) is 47.0 Å². The van der Waals surface area contributed by atoms with Crippen molar-refractivity contribution in [3.63, 3.8) is 0 Å². The summed E-state index contributed by atoms with van der Waals surface area (Å²) in [6, 6.07) is 10.6. The first-order valence-electron chi connectivity index (χ1n) is 7.18. The number of rotatable bonds is 0. The van der Waals surface area contributed by atoms with Crippen molar-refractivity contribution in [2.45, 2.75) is 19.3 Å². The van der Waals surface area contributed by atoms with E-state index in [0.717, 1.165) is 47.1 Å². The number of benzene rings is 2. The van der Waals surface area contributed by atoms with Crippen LogP contribution in [0.2, 0.25) is 0 Å². The van der Waals surface area contributed by atoms with E-state index in [1.807, 2.05) is 12.1 Å². The van der Waals surface area contributed by atoms with Gasteiger partial charge in [0.25, 0.3) is 0 Å². The Kier molecular flexibility index (Phi) is 2.64. The van der Waals surface area contributed by atoms with Gasteiger partial charge >= 0.3 is 0 Å². The van der Waals surface area contributed by atoms with Crippen molar-refractivity contribution in [1.29, 1.82) is 5.26 Å². The SMILES string of the molecule is N#Cc1c(O)ccc2c3c(oc12)-c1ccc(O)cc1CCC3. The van der Waals surface area contributed by atoms with Gasteiger partial charge in [-0.2, -0.15) is 5.26 Å². The van der Waals surface area contributed by atoms with Gasteiger partial charge in [0.15, 0.2) is 5.58 Å². The molecule has 3 aromatic rings. The maximum absolute atomic E-state index is 9.84. The van der Waals surface area contributed by atoms with Crippen LogP contribution in [0.1, 0.15) is 23.1 Å². The van der Waals surface area contributed by atoms with E-state index < -0.39 is 0 Å². The highest BCUT2D eigenvalue weighted by molar-refractivity contribution is 5.93. The number of nitriles is 1. The minimum Gasteiger partial charge on any atom is -0.508 e. The first-order chi connectivity index (χ1) is 10.7. The number of furan rings is 1. The minimum atomic E-state index is -0.0650. The fraction of sp³-hybridized carbons (Fsp3) is 0.167. The summed E-state index contributed by atoms with van der Waals surface area (Å²) in [5, 5.41) is 29.7. The highest BCUT2D eigenvalue weighted by Crippen LogP contribution is 2.42. The van der Waals surface area contributed by atoms with E-state index in [-0.39, 0.29) is 17.1 Å². The number of hydrogen-bond donors (Lipinski definition) is 2. The third-order valence-corrected chi connectivity index (χ3v) is 4.26. The Balaban J connectivity index is 2.09. The van der Waals surface area contributed by atoms with Gasteiger partial charge in [0.1, 0.15) is 28.9 Å². The van der Waals surface area contributed by atoms with Crippen LogP contribution in [-0.4, -0.2) is 10.2 Å². The number of phenols is 2. The van der Waals surface area contributed by atoms with Crippen LogP contribution in [0, 0.1) is 11.3 Å². The summed E-state index contributed by atoms with van der Waals surface area (Å²) in [5.41, 5.74) is 3.67. The molecule has 0 unspecified atom stereocenters. The molecule has 108 valence electrons. The van der Waals surface area contributed by atoms with E-state index in [4.69, 9.17) is 4.42 Å². The normalized spacial score (nSPS) is 13.2. The maximum atomic E-state index is 9.84. The second kappa shape index (κ2) is 4.54. The largest absolute Gasteiger partial charge is 0.508 e. The second-order valence-corrected chi connectivity index (χ2v) is 5.55. The fourth-order valence-corrected chi connectivity index (χ4v) is 3.24. The smallest absolute Gasteiger partial charge is 0.156 e. The minimum absolute atomic E-state index is 0.0650. The van der Waals surface area contributed by atoms with Gasteiger partial charge in [-0.1, -0.05) is 0 Å². The van der Waals surface area contributed by atoms with Crippen LogP contribution < -0.4 is 0 Å². The fourth-order valence-electron chi connectivity index (χ4n) is 3.24. The van der Waals surface area contributed by atoms with Crippen molar-refractivity contribution in [2.75, 3.05) is 0 Å². The Morgan fingerprint density at radius 1 is 1.09 bits per heavy atom. The molecule has 1 aromatic heterocycles. The number of nitrogens with zero attached hydrogens (tertiary/aromatic N) is 1. The number of aromatic hydroxyl groups is 2. The zero-order valence-corrected chi connectivity index (χ0v) is 11.8. The van der Waals surface area contributed by atoms with Crippen LogP contribution in [-0.2, 0) is 12.8 Å². The lowest BCUT2D eigenvalue weighted by molar-refractivity contribution is 0.472. The number of hydrogen-bond acceptors (Lipinski definition) is 4. The monoisotopic (exact) mass is 291 g/mol. The van der Waals surface area contributed by atoms with Crippen LogP contribution in [0.15, 0.2) is 34.7 Å².